The molecule has 0 aliphatic rings. The van der Waals surface area contributed by atoms with Gasteiger partial charge >= 0.3 is 5.69 Å². The Morgan fingerprint density at radius 3 is 2.26 bits per heavy atom. The van der Waals surface area contributed by atoms with Crippen LogP contribution in [-0.2, 0) is 18.9 Å². The maximum atomic E-state index is 12.7. The number of rotatable bonds is 4. The number of aryl methyl sites for hydroxylation is 1. The number of carbonyl (C=O) groups is 1. The lowest BCUT2D eigenvalue weighted by Gasteiger charge is -2.15. The SMILES string of the molecule is CC(C)c1ccc(NC(=O)C(C)n2cnc3c2c(=O)n(C)c(=O)n3C)cc1. The number of imidazole rings is 1. The Balaban J connectivity index is 1.94. The number of fused-ring (bicyclic) bond motifs is 1. The van der Waals surface area contributed by atoms with Crippen molar-refractivity contribution >= 4 is 22.8 Å². The summed E-state index contributed by atoms with van der Waals surface area (Å²) in [5.41, 5.74) is 1.40. The summed E-state index contributed by atoms with van der Waals surface area (Å²) in [6.45, 7) is 5.89. The van der Waals surface area contributed by atoms with Gasteiger partial charge in [0, 0.05) is 19.8 Å². The molecular weight excluding hydrogens is 346 g/mol. The summed E-state index contributed by atoms with van der Waals surface area (Å²) in [5, 5.41) is 2.86. The van der Waals surface area contributed by atoms with Crippen LogP contribution in [0.2, 0.25) is 0 Å². The van der Waals surface area contributed by atoms with Gasteiger partial charge < -0.3 is 9.88 Å². The van der Waals surface area contributed by atoms with Crippen molar-refractivity contribution in [2.75, 3.05) is 5.32 Å². The van der Waals surface area contributed by atoms with Crippen LogP contribution in [0.5, 0.6) is 0 Å². The van der Waals surface area contributed by atoms with Crippen molar-refractivity contribution < 1.29 is 4.79 Å². The molecule has 0 aliphatic carbocycles. The van der Waals surface area contributed by atoms with Gasteiger partial charge in [0.2, 0.25) is 5.91 Å². The number of carbonyl (C=O) groups excluding carboxylic acids is 1. The molecule has 2 aromatic heterocycles. The fraction of sp³-hybridized carbons (Fsp3) is 0.368. The third-order valence-corrected chi connectivity index (χ3v) is 4.81. The highest BCUT2D eigenvalue weighted by molar-refractivity contribution is 5.94. The van der Waals surface area contributed by atoms with Crippen LogP contribution in [0.4, 0.5) is 5.69 Å². The number of hydrogen-bond acceptors (Lipinski definition) is 4. The summed E-state index contributed by atoms with van der Waals surface area (Å²) in [4.78, 5) is 41.4. The van der Waals surface area contributed by atoms with Crippen molar-refractivity contribution in [2.24, 2.45) is 14.1 Å². The third-order valence-electron chi connectivity index (χ3n) is 4.81. The molecule has 3 rings (SSSR count). The highest BCUT2D eigenvalue weighted by atomic mass is 16.2. The van der Waals surface area contributed by atoms with E-state index < -0.39 is 17.3 Å². The van der Waals surface area contributed by atoms with E-state index in [9.17, 15) is 14.4 Å². The van der Waals surface area contributed by atoms with E-state index in [0.29, 0.717) is 11.6 Å². The van der Waals surface area contributed by atoms with Gasteiger partial charge in [0.15, 0.2) is 11.2 Å². The Morgan fingerprint density at radius 1 is 1.04 bits per heavy atom. The minimum atomic E-state index is -0.676. The fourth-order valence-electron chi connectivity index (χ4n) is 2.98. The molecule has 0 fully saturated rings. The number of amides is 1. The summed E-state index contributed by atoms with van der Waals surface area (Å²) in [5.74, 6) is 0.136. The van der Waals surface area contributed by atoms with E-state index >= 15 is 0 Å². The summed E-state index contributed by atoms with van der Waals surface area (Å²) < 4.78 is 3.80. The van der Waals surface area contributed by atoms with E-state index in [0.717, 1.165) is 4.57 Å². The van der Waals surface area contributed by atoms with Crippen LogP contribution in [0, 0.1) is 0 Å². The molecule has 27 heavy (non-hydrogen) atoms. The van der Waals surface area contributed by atoms with E-state index in [1.54, 1.807) is 14.0 Å². The normalized spacial score (nSPS) is 12.5. The lowest BCUT2D eigenvalue weighted by molar-refractivity contribution is -0.118. The number of nitrogens with one attached hydrogen (secondary N) is 1. The van der Waals surface area contributed by atoms with E-state index in [-0.39, 0.29) is 17.1 Å². The molecule has 142 valence electrons. The van der Waals surface area contributed by atoms with E-state index in [4.69, 9.17) is 0 Å². The van der Waals surface area contributed by atoms with E-state index in [1.165, 1.54) is 28.1 Å². The van der Waals surface area contributed by atoms with Crippen LogP contribution in [-0.4, -0.2) is 24.6 Å². The molecule has 8 heteroatoms. The van der Waals surface area contributed by atoms with Crippen LogP contribution in [0.3, 0.4) is 0 Å². The van der Waals surface area contributed by atoms with Gasteiger partial charge in [-0.2, -0.15) is 0 Å². The largest absolute Gasteiger partial charge is 0.332 e. The monoisotopic (exact) mass is 369 g/mol. The van der Waals surface area contributed by atoms with Gasteiger partial charge in [-0.15, -0.1) is 0 Å². The molecular formula is C19H23N5O3. The molecule has 1 atom stereocenters. The Morgan fingerprint density at radius 2 is 1.67 bits per heavy atom. The van der Waals surface area contributed by atoms with E-state index in [2.05, 4.69) is 24.1 Å². The quantitative estimate of drug-likeness (QED) is 0.759. The fourth-order valence-corrected chi connectivity index (χ4v) is 2.98. The lowest BCUT2D eigenvalue weighted by Crippen LogP contribution is -2.38. The van der Waals surface area contributed by atoms with Gasteiger partial charge in [0.05, 0.1) is 6.33 Å². The average molecular weight is 369 g/mol. The van der Waals surface area contributed by atoms with Crippen LogP contribution in [0.25, 0.3) is 11.2 Å². The van der Waals surface area contributed by atoms with Gasteiger partial charge in [-0.05, 0) is 30.5 Å². The molecule has 0 saturated carbocycles. The molecule has 1 unspecified atom stereocenters. The zero-order chi connectivity index (χ0) is 19.9. The standard InChI is InChI=1S/C19H23N5O3/c1-11(2)13-6-8-14(9-7-13)21-17(25)12(3)24-10-20-16-15(24)18(26)23(5)19(27)22(16)4/h6-12H,1-5H3,(H,21,25). The van der Waals surface area contributed by atoms with Crippen LogP contribution >= 0.6 is 0 Å². The van der Waals surface area contributed by atoms with Crippen LogP contribution in [0.15, 0.2) is 40.2 Å². The van der Waals surface area contributed by atoms with Gasteiger partial charge in [0.1, 0.15) is 6.04 Å². The van der Waals surface area contributed by atoms with Gasteiger partial charge in [-0.25, -0.2) is 9.78 Å². The topological polar surface area (TPSA) is 90.9 Å². The molecule has 2 heterocycles. The minimum absolute atomic E-state index is 0.220. The number of nitrogens with zero attached hydrogens (tertiary/aromatic N) is 4. The van der Waals surface area contributed by atoms with Crippen molar-refractivity contribution in [3.63, 3.8) is 0 Å². The summed E-state index contributed by atoms with van der Waals surface area (Å²) in [6, 6.07) is 6.99. The molecule has 1 amide bonds. The van der Waals surface area contributed by atoms with Crippen LogP contribution < -0.4 is 16.6 Å². The van der Waals surface area contributed by atoms with Crippen molar-refractivity contribution in [1.82, 2.24) is 18.7 Å². The smallest absolute Gasteiger partial charge is 0.324 e. The number of benzene rings is 1. The zero-order valence-electron chi connectivity index (χ0n) is 16.1. The summed E-state index contributed by atoms with van der Waals surface area (Å²) in [6.07, 6.45) is 1.41. The first kappa shape index (κ1) is 18.6. The first-order valence-electron chi connectivity index (χ1n) is 8.75. The van der Waals surface area contributed by atoms with Crippen molar-refractivity contribution in [1.29, 1.82) is 0 Å². The predicted octanol–water partition coefficient (Wildman–Crippen LogP) is 1.76. The Hall–Kier alpha value is -3.16. The molecule has 0 radical (unpaired) electrons. The third kappa shape index (κ3) is 3.18. The van der Waals surface area contributed by atoms with Crippen molar-refractivity contribution in [3.05, 3.63) is 57.0 Å². The maximum absolute atomic E-state index is 12.7. The average Bonchev–Trinajstić information content (AvgIpc) is 3.09. The highest BCUT2D eigenvalue weighted by Crippen LogP contribution is 2.19. The number of anilines is 1. The number of hydrogen-bond donors (Lipinski definition) is 1. The second kappa shape index (κ2) is 6.86. The Bertz CT molecular complexity index is 1120. The van der Waals surface area contributed by atoms with E-state index in [1.807, 2.05) is 24.3 Å². The maximum Gasteiger partial charge on any atom is 0.332 e. The molecule has 3 aromatic rings. The molecule has 0 saturated heterocycles. The first-order chi connectivity index (χ1) is 12.7. The Labute approximate surface area is 156 Å². The molecule has 1 aromatic carbocycles. The zero-order valence-corrected chi connectivity index (χ0v) is 16.1. The Kier molecular flexibility index (Phi) is 4.73. The predicted molar refractivity (Wildman–Crippen MR) is 104 cm³/mol. The minimum Gasteiger partial charge on any atom is -0.324 e. The second-order valence-corrected chi connectivity index (χ2v) is 6.97. The second-order valence-electron chi connectivity index (χ2n) is 6.97. The molecule has 8 nitrogen and oxygen atoms in total. The highest BCUT2D eigenvalue weighted by Gasteiger charge is 2.22. The summed E-state index contributed by atoms with van der Waals surface area (Å²) in [7, 11) is 2.95. The molecule has 1 N–H and O–H groups in total. The van der Waals surface area contributed by atoms with Gasteiger partial charge in [-0.1, -0.05) is 26.0 Å². The number of aromatic nitrogens is 4. The molecule has 0 aliphatic heterocycles. The molecule has 0 bridgehead atoms. The molecule has 0 spiro atoms. The van der Waals surface area contributed by atoms with Gasteiger partial charge in [-0.3, -0.25) is 18.7 Å². The van der Waals surface area contributed by atoms with Crippen molar-refractivity contribution in [2.45, 2.75) is 32.7 Å². The summed E-state index contributed by atoms with van der Waals surface area (Å²) >= 11 is 0. The van der Waals surface area contributed by atoms with Crippen molar-refractivity contribution in [3.8, 4) is 0 Å². The van der Waals surface area contributed by atoms with Gasteiger partial charge in [0.25, 0.3) is 5.56 Å². The first-order valence-corrected chi connectivity index (χ1v) is 8.75. The van der Waals surface area contributed by atoms with Crippen LogP contribution in [0.1, 0.15) is 38.3 Å². The lowest BCUT2D eigenvalue weighted by atomic mass is 10.0.